The largest absolute Gasteiger partial charge is 0.508 e. The summed E-state index contributed by atoms with van der Waals surface area (Å²) in [6, 6.07) is 22.3. The number of fused-ring (bicyclic) bond motifs is 3. The zero-order valence-corrected chi connectivity index (χ0v) is 15.6. The fourth-order valence-corrected chi connectivity index (χ4v) is 4.10. The predicted octanol–water partition coefficient (Wildman–Crippen LogP) is 6.05. The highest BCUT2D eigenvalue weighted by Crippen LogP contribution is 2.46. The van der Waals surface area contributed by atoms with Gasteiger partial charge in [-0.25, -0.2) is 4.98 Å². The third kappa shape index (κ3) is 2.63. The van der Waals surface area contributed by atoms with E-state index >= 15 is 0 Å². The van der Waals surface area contributed by atoms with E-state index in [1.807, 2.05) is 48.5 Å². The van der Waals surface area contributed by atoms with Crippen LogP contribution in [0.3, 0.4) is 0 Å². The third-order valence-electron chi connectivity index (χ3n) is 5.19. The van der Waals surface area contributed by atoms with Gasteiger partial charge in [-0.2, -0.15) is 0 Å². The molecule has 1 aliphatic carbocycles. The van der Waals surface area contributed by atoms with Crippen LogP contribution in [0.15, 0.2) is 72.8 Å². The number of phenols is 2. The molecule has 136 valence electrons. The molecule has 0 atom stereocenters. The Morgan fingerprint density at radius 3 is 2.36 bits per heavy atom. The number of pyridine rings is 1. The zero-order chi connectivity index (χ0) is 19.3. The summed E-state index contributed by atoms with van der Waals surface area (Å²) in [5.74, 6) is 0.469. The minimum Gasteiger partial charge on any atom is -0.508 e. The van der Waals surface area contributed by atoms with Crippen molar-refractivity contribution in [1.82, 2.24) is 4.98 Å². The van der Waals surface area contributed by atoms with Crippen LogP contribution in [0.4, 0.5) is 0 Å². The van der Waals surface area contributed by atoms with Crippen LogP contribution < -0.4 is 0 Å². The van der Waals surface area contributed by atoms with Gasteiger partial charge in [0.15, 0.2) is 0 Å². The molecule has 0 spiro atoms. The summed E-state index contributed by atoms with van der Waals surface area (Å²) in [4.78, 5) is 4.90. The molecule has 0 bridgehead atoms. The lowest BCUT2D eigenvalue weighted by atomic mass is 9.96. The fraction of sp³-hybridized carbons (Fsp3) is 0.0417. The van der Waals surface area contributed by atoms with Gasteiger partial charge in [0.25, 0.3) is 0 Å². The van der Waals surface area contributed by atoms with Crippen LogP contribution in [0.2, 0.25) is 5.02 Å². The summed E-state index contributed by atoms with van der Waals surface area (Å²) >= 11 is 6.52. The molecule has 0 saturated carbocycles. The standard InChI is InChI=1S/C24H16ClNO2/c25-21-9-2-1-7-16(21)18-13-22(14-5-3-6-15(27)11-14)26-24-17-8-4-10-23(28)19(17)12-20(18)24/h1-11,13,27-28H,12H2. The predicted molar refractivity (Wildman–Crippen MR) is 112 cm³/mol. The summed E-state index contributed by atoms with van der Waals surface area (Å²) in [5.41, 5.74) is 7.21. The van der Waals surface area contributed by atoms with Crippen molar-refractivity contribution in [3.63, 3.8) is 0 Å². The SMILES string of the molecule is Oc1cccc(-c2cc(-c3ccccc3Cl)c3c(n2)-c2cccc(O)c2C3)c1. The Hall–Kier alpha value is -3.30. The molecule has 28 heavy (non-hydrogen) atoms. The maximum atomic E-state index is 10.4. The Morgan fingerprint density at radius 1 is 0.750 bits per heavy atom. The summed E-state index contributed by atoms with van der Waals surface area (Å²) in [6.45, 7) is 0. The maximum Gasteiger partial charge on any atom is 0.119 e. The van der Waals surface area contributed by atoms with Gasteiger partial charge < -0.3 is 10.2 Å². The second-order valence-electron chi connectivity index (χ2n) is 6.89. The van der Waals surface area contributed by atoms with Gasteiger partial charge in [0.2, 0.25) is 0 Å². The van der Waals surface area contributed by atoms with E-state index in [4.69, 9.17) is 16.6 Å². The van der Waals surface area contributed by atoms with E-state index in [1.165, 1.54) is 0 Å². The van der Waals surface area contributed by atoms with E-state index in [2.05, 4.69) is 0 Å². The molecule has 2 N–H and O–H groups in total. The van der Waals surface area contributed by atoms with Gasteiger partial charge in [0, 0.05) is 33.7 Å². The molecule has 5 rings (SSSR count). The second kappa shape index (κ2) is 6.39. The number of hydrogen-bond acceptors (Lipinski definition) is 3. The Morgan fingerprint density at radius 2 is 1.54 bits per heavy atom. The molecule has 0 saturated heterocycles. The van der Waals surface area contributed by atoms with Crippen LogP contribution in [0, 0.1) is 0 Å². The molecule has 0 amide bonds. The molecule has 3 aromatic carbocycles. The van der Waals surface area contributed by atoms with Gasteiger partial charge in [-0.1, -0.05) is 54.1 Å². The van der Waals surface area contributed by atoms with Gasteiger partial charge in [0.1, 0.15) is 11.5 Å². The first-order valence-corrected chi connectivity index (χ1v) is 9.39. The van der Waals surface area contributed by atoms with Crippen molar-refractivity contribution in [3.8, 4) is 45.1 Å². The number of hydrogen-bond donors (Lipinski definition) is 2. The van der Waals surface area contributed by atoms with Crippen LogP contribution in [-0.2, 0) is 6.42 Å². The maximum absolute atomic E-state index is 10.4. The van der Waals surface area contributed by atoms with Crippen LogP contribution in [0.5, 0.6) is 11.5 Å². The topological polar surface area (TPSA) is 53.4 Å². The number of rotatable bonds is 2. The Bertz CT molecular complexity index is 1230. The van der Waals surface area contributed by atoms with Crippen molar-refractivity contribution in [3.05, 3.63) is 88.9 Å². The summed E-state index contributed by atoms with van der Waals surface area (Å²) in [7, 11) is 0. The van der Waals surface area contributed by atoms with Crippen molar-refractivity contribution in [1.29, 1.82) is 0 Å². The van der Waals surface area contributed by atoms with Crippen molar-refractivity contribution in [2.45, 2.75) is 6.42 Å². The minimum atomic E-state index is 0.192. The van der Waals surface area contributed by atoms with Crippen LogP contribution >= 0.6 is 11.6 Å². The van der Waals surface area contributed by atoms with Crippen molar-refractivity contribution in [2.75, 3.05) is 0 Å². The minimum absolute atomic E-state index is 0.192. The molecule has 0 unspecified atom stereocenters. The summed E-state index contributed by atoms with van der Waals surface area (Å²) in [6.07, 6.45) is 0.602. The van der Waals surface area contributed by atoms with Gasteiger partial charge in [-0.15, -0.1) is 0 Å². The Labute approximate surface area is 167 Å². The van der Waals surface area contributed by atoms with E-state index in [-0.39, 0.29) is 11.5 Å². The molecule has 0 radical (unpaired) electrons. The number of halogens is 1. The van der Waals surface area contributed by atoms with Crippen molar-refractivity contribution < 1.29 is 10.2 Å². The first-order valence-electron chi connectivity index (χ1n) is 9.01. The molecule has 4 heteroatoms. The van der Waals surface area contributed by atoms with Gasteiger partial charge in [-0.3, -0.25) is 0 Å². The number of aromatic nitrogens is 1. The normalized spacial score (nSPS) is 11.9. The Balaban J connectivity index is 1.82. The van der Waals surface area contributed by atoms with Crippen molar-refractivity contribution >= 4 is 11.6 Å². The van der Waals surface area contributed by atoms with Gasteiger partial charge in [-0.05, 0) is 41.5 Å². The van der Waals surface area contributed by atoms with E-state index < -0.39 is 0 Å². The molecule has 0 fully saturated rings. The van der Waals surface area contributed by atoms with Crippen LogP contribution in [-0.4, -0.2) is 15.2 Å². The molecule has 1 aliphatic rings. The molecule has 0 aliphatic heterocycles. The quantitative estimate of drug-likeness (QED) is 0.389. The molecule has 3 nitrogen and oxygen atoms in total. The smallest absolute Gasteiger partial charge is 0.119 e. The molecule has 4 aromatic rings. The average Bonchev–Trinajstić information content (AvgIpc) is 3.08. The highest BCUT2D eigenvalue weighted by Gasteiger charge is 2.27. The lowest BCUT2D eigenvalue weighted by Gasteiger charge is -2.13. The summed E-state index contributed by atoms with van der Waals surface area (Å²) in [5, 5.41) is 20.9. The third-order valence-corrected chi connectivity index (χ3v) is 5.52. The van der Waals surface area contributed by atoms with E-state index in [0.29, 0.717) is 11.4 Å². The average molecular weight is 386 g/mol. The van der Waals surface area contributed by atoms with Crippen molar-refractivity contribution in [2.24, 2.45) is 0 Å². The fourth-order valence-electron chi connectivity index (χ4n) is 3.87. The number of nitrogens with zero attached hydrogens (tertiary/aromatic N) is 1. The van der Waals surface area contributed by atoms with Gasteiger partial charge in [0.05, 0.1) is 11.4 Å². The molecular formula is C24H16ClNO2. The van der Waals surface area contributed by atoms with E-state index in [0.717, 1.165) is 44.8 Å². The van der Waals surface area contributed by atoms with Crippen LogP contribution in [0.25, 0.3) is 33.6 Å². The number of aromatic hydroxyl groups is 2. The zero-order valence-electron chi connectivity index (χ0n) is 14.9. The summed E-state index contributed by atoms with van der Waals surface area (Å²) < 4.78 is 0. The highest BCUT2D eigenvalue weighted by atomic mass is 35.5. The lowest BCUT2D eigenvalue weighted by Crippen LogP contribution is -1.95. The monoisotopic (exact) mass is 385 g/mol. The number of phenolic OH excluding ortho intramolecular Hbond substituents is 2. The van der Waals surface area contributed by atoms with E-state index in [9.17, 15) is 10.2 Å². The Kier molecular flexibility index (Phi) is 3.85. The molecule has 1 heterocycles. The van der Waals surface area contributed by atoms with Gasteiger partial charge >= 0.3 is 0 Å². The molecule has 1 aromatic heterocycles. The highest BCUT2D eigenvalue weighted by molar-refractivity contribution is 6.33. The van der Waals surface area contributed by atoms with E-state index in [1.54, 1.807) is 24.3 Å². The lowest BCUT2D eigenvalue weighted by molar-refractivity contribution is 0.470. The first kappa shape index (κ1) is 16.8. The second-order valence-corrected chi connectivity index (χ2v) is 7.30. The number of benzene rings is 3. The molecular weight excluding hydrogens is 370 g/mol. The first-order chi connectivity index (χ1) is 13.6. The van der Waals surface area contributed by atoms with Crippen LogP contribution in [0.1, 0.15) is 11.1 Å².